The van der Waals surface area contributed by atoms with Gasteiger partial charge in [-0.1, -0.05) is 6.07 Å². The fourth-order valence-corrected chi connectivity index (χ4v) is 2.12. The Balaban J connectivity index is 2.11. The molecular formula is C17H18N2O5. The number of nitrogens with zero attached hydrogens (tertiary/aromatic N) is 1. The molecule has 7 nitrogen and oxygen atoms in total. The third-order valence-corrected chi connectivity index (χ3v) is 3.38. The van der Waals surface area contributed by atoms with Gasteiger partial charge in [0.2, 0.25) is 5.91 Å². The maximum Gasteiger partial charge on any atom is 0.339 e. The SMILES string of the molecule is COC(=O)c1ccc(OC)cc1NC(=O)CCn1ccccc1=O. The summed E-state index contributed by atoms with van der Waals surface area (Å²) >= 11 is 0. The van der Waals surface area contributed by atoms with Crippen LogP contribution in [0.5, 0.6) is 5.75 Å². The van der Waals surface area contributed by atoms with Gasteiger partial charge in [-0.3, -0.25) is 9.59 Å². The number of pyridine rings is 1. The molecule has 0 bridgehead atoms. The number of anilines is 1. The fourth-order valence-electron chi connectivity index (χ4n) is 2.12. The lowest BCUT2D eigenvalue weighted by Gasteiger charge is -2.12. The summed E-state index contributed by atoms with van der Waals surface area (Å²) in [5.41, 5.74) is 0.345. The number of hydrogen-bond acceptors (Lipinski definition) is 5. The van der Waals surface area contributed by atoms with E-state index in [1.807, 2.05) is 0 Å². The second-order valence-corrected chi connectivity index (χ2v) is 4.93. The number of ether oxygens (including phenoxy) is 2. The van der Waals surface area contributed by atoms with E-state index < -0.39 is 5.97 Å². The smallest absolute Gasteiger partial charge is 0.339 e. The number of methoxy groups -OCH3 is 2. The maximum absolute atomic E-state index is 12.1. The average molecular weight is 330 g/mol. The van der Waals surface area contributed by atoms with E-state index in [0.29, 0.717) is 11.4 Å². The van der Waals surface area contributed by atoms with Crippen molar-refractivity contribution in [3.63, 3.8) is 0 Å². The topological polar surface area (TPSA) is 86.6 Å². The van der Waals surface area contributed by atoms with E-state index in [2.05, 4.69) is 5.32 Å². The van der Waals surface area contributed by atoms with E-state index in [0.717, 1.165) is 0 Å². The Morgan fingerprint density at radius 2 is 1.96 bits per heavy atom. The van der Waals surface area contributed by atoms with Crippen LogP contribution in [0, 0.1) is 0 Å². The molecule has 1 aromatic carbocycles. The number of benzene rings is 1. The van der Waals surface area contributed by atoms with Crippen molar-refractivity contribution in [3.8, 4) is 5.75 Å². The normalized spacial score (nSPS) is 10.1. The first-order valence-corrected chi connectivity index (χ1v) is 7.27. The van der Waals surface area contributed by atoms with Gasteiger partial charge >= 0.3 is 5.97 Å². The molecule has 0 saturated heterocycles. The molecule has 0 aliphatic heterocycles. The van der Waals surface area contributed by atoms with Crippen molar-refractivity contribution in [2.24, 2.45) is 0 Å². The molecule has 126 valence electrons. The van der Waals surface area contributed by atoms with E-state index >= 15 is 0 Å². The average Bonchev–Trinajstić information content (AvgIpc) is 2.60. The molecule has 1 aromatic heterocycles. The van der Waals surface area contributed by atoms with Gasteiger partial charge in [0.05, 0.1) is 25.5 Å². The zero-order chi connectivity index (χ0) is 17.5. The lowest BCUT2D eigenvalue weighted by molar-refractivity contribution is -0.116. The highest BCUT2D eigenvalue weighted by atomic mass is 16.5. The number of nitrogens with one attached hydrogen (secondary N) is 1. The zero-order valence-corrected chi connectivity index (χ0v) is 13.4. The summed E-state index contributed by atoms with van der Waals surface area (Å²) in [7, 11) is 2.75. The molecule has 24 heavy (non-hydrogen) atoms. The molecule has 0 unspecified atom stereocenters. The molecule has 2 rings (SSSR count). The first-order chi connectivity index (χ1) is 11.5. The number of aromatic nitrogens is 1. The lowest BCUT2D eigenvalue weighted by Crippen LogP contribution is -2.22. The quantitative estimate of drug-likeness (QED) is 0.814. The number of carbonyl (C=O) groups excluding carboxylic acids is 2. The first-order valence-electron chi connectivity index (χ1n) is 7.27. The minimum Gasteiger partial charge on any atom is -0.497 e. The van der Waals surface area contributed by atoms with E-state index in [-0.39, 0.29) is 30.0 Å². The molecule has 0 atom stereocenters. The van der Waals surface area contributed by atoms with Gasteiger partial charge in [-0.15, -0.1) is 0 Å². The Labute approximate surface area is 138 Å². The van der Waals surface area contributed by atoms with Crippen LogP contribution in [-0.2, 0) is 16.1 Å². The lowest BCUT2D eigenvalue weighted by atomic mass is 10.1. The van der Waals surface area contributed by atoms with Gasteiger partial charge in [-0.2, -0.15) is 0 Å². The Bertz CT molecular complexity index is 798. The third-order valence-electron chi connectivity index (χ3n) is 3.38. The number of carbonyl (C=O) groups is 2. The maximum atomic E-state index is 12.1. The van der Waals surface area contributed by atoms with Gasteiger partial charge in [0.25, 0.3) is 5.56 Å². The monoisotopic (exact) mass is 330 g/mol. The predicted molar refractivity (Wildman–Crippen MR) is 88.3 cm³/mol. The van der Waals surface area contributed by atoms with Crippen LogP contribution in [-0.4, -0.2) is 30.7 Å². The highest BCUT2D eigenvalue weighted by Crippen LogP contribution is 2.23. The first kappa shape index (κ1) is 17.3. The van der Waals surface area contributed by atoms with Crippen molar-refractivity contribution in [3.05, 3.63) is 58.5 Å². The molecular weight excluding hydrogens is 312 g/mol. The molecule has 2 aromatic rings. The molecule has 0 spiro atoms. The number of hydrogen-bond donors (Lipinski definition) is 1. The van der Waals surface area contributed by atoms with Crippen LogP contribution < -0.4 is 15.6 Å². The number of amides is 1. The van der Waals surface area contributed by atoms with E-state index in [9.17, 15) is 14.4 Å². The molecule has 0 aliphatic carbocycles. The van der Waals surface area contributed by atoms with E-state index in [4.69, 9.17) is 9.47 Å². The molecule has 1 amide bonds. The Kier molecular flexibility index (Phi) is 5.73. The minimum atomic E-state index is -0.563. The Morgan fingerprint density at radius 3 is 2.62 bits per heavy atom. The van der Waals surface area contributed by atoms with Crippen molar-refractivity contribution >= 4 is 17.6 Å². The van der Waals surface area contributed by atoms with Gasteiger partial charge < -0.3 is 19.4 Å². The van der Waals surface area contributed by atoms with Crippen LogP contribution >= 0.6 is 0 Å². The van der Waals surface area contributed by atoms with Crippen LogP contribution in [0.2, 0.25) is 0 Å². The molecule has 0 aliphatic rings. The summed E-state index contributed by atoms with van der Waals surface area (Å²) in [4.78, 5) is 35.5. The van der Waals surface area contributed by atoms with Gasteiger partial charge in [0.1, 0.15) is 5.75 Å². The summed E-state index contributed by atoms with van der Waals surface area (Å²) in [5, 5.41) is 2.66. The Morgan fingerprint density at radius 1 is 1.17 bits per heavy atom. The van der Waals surface area contributed by atoms with Crippen LogP contribution in [0.3, 0.4) is 0 Å². The van der Waals surface area contributed by atoms with Gasteiger partial charge in [-0.25, -0.2) is 4.79 Å². The van der Waals surface area contributed by atoms with Crippen molar-refractivity contribution in [2.75, 3.05) is 19.5 Å². The zero-order valence-electron chi connectivity index (χ0n) is 13.4. The van der Waals surface area contributed by atoms with Crippen LogP contribution in [0.1, 0.15) is 16.8 Å². The van der Waals surface area contributed by atoms with Crippen molar-refractivity contribution in [1.29, 1.82) is 0 Å². The second kappa shape index (κ2) is 7.96. The molecule has 7 heteroatoms. The molecule has 1 heterocycles. The molecule has 0 saturated carbocycles. The molecule has 0 fully saturated rings. The van der Waals surface area contributed by atoms with Crippen molar-refractivity contribution < 1.29 is 19.1 Å². The summed E-state index contributed by atoms with van der Waals surface area (Å²) in [6.45, 7) is 0.239. The van der Waals surface area contributed by atoms with Crippen LogP contribution in [0.15, 0.2) is 47.4 Å². The highest BCUT2D eigenvalue weighted by Gasteiger charge is 2.15. The predicted octanol–water partition coefficient (Wildman–Crippen LogP) is 1.67. The number of aryl methyl sites for hydroxylation is 1. The van der Waals surface area contributed by atoms with E-state index in [1.165, 1.54) is 30.9 Å². The summed E-state index contributed by atoms with van der Waals surface area (Å²) < 4.78 is 11.2. The summed E-state index contributed by atoms with van der Waals surface area (Å²) in [6.07, 6.45) is 1.70. The van der Waals surface area contributed by atoms with Gasteiger partial charge in [0, 0.05) is 31.3 Å². The van der Waals surface area contributed by atoms with Crippen LogP contribution in [0.4, 0.5) is 5.69 Å². The highest BCUT2D eigenvalue weighted by molar-refractivity contribution is 6.01. The second-order valence-electron chi connectivity index (χ2n) is 4.93. The minimum absolute atomic E-state index is 0.0851. The standard InChI is InChI=1S/C17H18N2O5/c1-23-12-6-7-13(17(22)24-2)14(11-12)18-15(20)8-10-19-9-4-3-5-16(19)21/h3-7,9,11H,8,10H2,1-2H3,(H,18,20). The third kappa shape index (κ3) is 4.22. The molecule has 0 radical (unpaired) electrons. The summed E-state index contributed by atoms with van der Waals surface area (Å²) in [5.74, 6) is -0.395. The van der Waals surface area contributed by atoms with Crippen LogP contribution in [0.25, 0.3) is 0 Å². The van der Waals surface area contributed by atoms with Gasteiger partial charge in [-0.05, 0) is 18.2 Å². The Hall–Kier alpha value is -3.09. The number of esters is 1. The summed E-state index contributed by atoms with van der Waals surface area (Å²) in [6, 6.07) is 9.44. The van der Waals surface area contributed by atoms with Crippen molar-refractivity contribution in [2.45, 2.75) is 13.0 Å². The van der Waals surface area contributed by atoms with E-state index in [1.54, 1.807) is 30.5 Å². The molecule has 1 N–H and O–H groups in total. The van der Waals surface area contributed by atoms with Gasteiger partial charge in [0.15, 0.2) is 0 Å². The fraction of sp³-hybridized carbons (Fsp3) is 0.235. The largest absolute Gasteiger partial charge is 0.497 e. The number of rotatable bonds is 6. The van der Waals surface area contributed by atoms with Crippen molar-refractivity contribution in [1.82, 2.24) is 4.57 Å².